The normalized spacial score (nSPS) is 9.50. The molecular weight excluding hydrogens is 230 g/mol. The number of carbonyl (C=O) groups excluding carboxylic acids is 1. The van der Waals surface area contributed by atoms with Crippen molar-refractivity contribution in [2.75, 3.05) is 25.6 Å². The summed E-state index contributed by atoms with van der Waals surface area (Å²) in [6, 6.07) is 5.59. The SMILES string of the molecule is COCC(=O)Nc1cc(C#CCCO)ccc1C. The molecule has 0 aliphatic rings. The number of ether oxygens (including phenoxy) is 1. The van der Waals surface area contributed by atoms with Crippen LogP contribution in [0.15, 0.2) is 18.2 Å². The van der Waals surface area contributed by atoms with Crippen molar-refractivity contribution in [3.63, 3.8) is 0 Å². The second-order valence-electron chi connectivity index (χ2n) is 3.79. The molecule has 0 aromatic heterocycles. The number of rotatable bonds is 4. The van der Waals surface area contributed by atoms with Crippen LogP contribution in [0.5, 0.6) is 0 Å². The fourth-order valence-corrected chi connectivity index (χ4v) is 1.37. The second kappa shape index (κ2) is 7.49. The quantitative estimate of drug-likeness (QED) is 0.789. The molecule has 0 saturated heterocycles. The third-order valence-corrected chi connectivity index (χ3v) is 2.26. The van der Waals surface area contributed by atoms with Crippen LogP contribution in [0, 0.1) is 18.8 Å². The van der Waals surface area contributed by atoms with Gasteiger partial charge < -0.3 is 15.2 Å². The van der Waals surface area contributed by atoms with Gasteiger partial charge in [0.05, 0.1) is 6.61 Å². The molecule has 1 aromatic carbocycles. The average Bonchev–Trinajstić information content (AvgIpc) is 2.34. The number of amides is 1. The molecule has 0 heterocycles. The minimum absolute atomic E-state index is 0.0276. The van der Waals surface area contributed by atoms with Crippen LogP contribution >= 0.6 is 0 Å². The molecule has 96 valence electrons. The highest BCUT2D eigenvalue weighted by Crippen LogP contribution is 2.16. The van der Waals surface area contributed by atoms with Crippen molar-refractivity contribution in [2.24, 2.45) is 0 Å². The van der Waals surface area contributed by atoms with E-state index in [1.54, 1.807) is 0 Å². The van der Waals surface area contributed by atoms with Gasteiger partial charge in [-0.15, -0.1) is 0 Å². The van der Waals surface area contributed by atoms with Crippen LogP contribution in [-0.2, 0) is 9.53 Å². The summed E-state index contributed by atoms with van der Waals surface area (Å²) in [5, 5.41) is 11.4. The Kier molecular flexibility index (Phi) is 5.92. The number of anilines is 1. The molecule has 1 amide bonds. The zero-order chi connectivity index (χ0) is 13.4. The Morgan fingerprint density at radius 1 is 1.50 bits per heavy atom. The number of aliphatic hydroxyl groups is 1. The Morgan fingerprint density at radius 2 is 2.28 bits per heavy atom. The fourth-order valence-electron chi connectivity index (χ4n) is 1.37. The number of hydrogen-bond acceptors (Lipinski definition) is 3. The molecule has 4 nitrogen and oxygen atoms in total. The standard InChI is InChI=1S/C14H17NO3/c1-11-6-7-12(5-3-4-8-16)9-13(11)15-14(17)10-18-2/h6-7,9,16H,4,8,10H2,1-2H3,(H,15,17). The van der Waals surface area contributed by atoms with Gasteiger partial charge in [-0.2, -0.15) is 0 Å². The zero-order valence-corrected chi connectivity index (χ0v) is 10.6. The van der Waals surface area contributed by atoms with Gasteiger partial charge in [0, 0.05) is 24.8 Å². The Labute approximate surface area is 107 Å². The van der Waals surface area contributed by atoms with Crippen molar-refractivity contribution in [3.05, 3.63) is 29.3 Å². The molecule has 0 spiro atoms. The highest BCUT2D eigenvalue weighted by Gasteiger charge is 2.04. The Morgan fingerprint density at radius 3 is 2.94 bits per heavy atom. The van der Waals surface area contributed by atoms with Crippen LogP contribution in [0.25, 0.3) is 0 Å². The van der Waals surface area contributed by atoms with Crippen LogP contribution in [0.3, 0.4) is 0 Å². The first-order valence-corrected chi connectivity index (χ1v) is 5.66. The summed E-state index contributed by atoms with van der Waals surface area (Å²) in [6.07, 6.45) is 0.444. The maximum Gasteiger partial charge on any atom is 0.250 e. The Balaban J connectivity index is 2.82. The third-order valence-electron chi connectivity index (χ3n) is 2.26. The summed E-state index contributed by atoms with van der Waals surface area (Å²) < 4.78 is 4.76. The summed E-state index contributed by atoms with van der Waals surface area (Å²) in [6.45, 7) is 1.99. The Bertz CT molecular complexity index is 472. The van der Waals surface area contributed by atoms with Crippen LogP contribution in [0.2, 0.25) is 0 Å². The molecule has 2 N–H and O–H groups in total. The molecule has 0 saturated carbocycles. The fraction of sp³-hybridized carbons (Fsp3) is 0.357. The van der Waals surface area contributed by atoms with Gasteiger partial charge in [0.2, 0.25) is 5.91 Å². The van der Waals surface area contributed by atoms with Crippen molar-refractivity contribution in [1.82, 2.24) is 0 Å². The van der Waals surface area contributed by atoms with Gasteiger partial charge >= 0.3 is 0 Å². The first-order valence-electron chi connectivity index (χ1n) is 5.66. The van der Waals surface area contributed by atoms with Crippen LogP contribution < -0.4 is 5.32 Å². The maximum atomic E-state index is 11.4. The number of carbonyl (C=O) groups is 1. The predicted molar refractivity (Wildman–Crippen MR) is 70.3 cm³/mol. The van der Waals surface area contributed by atoms with Gasteiger partial charge in [0.25, 0.3) is 0 Å². The highest BCUT2D eigenvalue weighted by atomic mass is 16.5. The van der Waals surface area contributed by atoms with Crippen LogP contribution in [0.4, 0.5) is 5.69 Å². The van der Waals surface area contributed by atoms with Gasteiger partial charge in [0.1, 0.15) is 6.61 Å². The number of methoxy groups -OCH3 is 1. The largest absolute Gasteiger partial charge is 0.395 e. The number of aryl methyl sites for hydroxylation is 1. The first-order chi connectivity index (χ1) is 8.67. The highest BCUT2D eigenvalue weighted by molar-refractivity contribution is 5.92. The lowest BCUT2D eigenvalue weighted by atomic mass is 10.1. The van der Waals surface area contributed by atoms with E-state index in [0.29, 0.717) is 6.42 Å². The van der Waals surface area contributed by atoms with E-state index in [-0.39, 0.29) is 19.1 Å². The van der Waals surface area contributed by atoms with Crippen molar-refractivity contribution < 1.29 is 14.6 Å². The molecule has 0 atom stereocenters. The van der Waals surface area contributed by atoms with E-state index in [1.807, 2.05) is 25.1 Å². The minimum atomic E-state index is -0.193. The predicted octanol–water partition coefficient (Wildman–Crippen LogP) is 1.31. The summed E-state index contributed by atoms with van der Waals surface area (Å²) in [4.78, 5) is 11.4. The van der Waals surface area contributed by atoms with Crippen molar-refractivity contribution in [2.45, 2.75) is 13.3 Å². The molecule has 4 heteroatoms. The van der Waals surface area contributed by atoms with E-state index >= 15 is 0 Å². The molecule has 1 rings (SSSR count). The van der Waals surface area contributed by atoms with Gasteiger partial charge in [-0.05, 0) is 24.6 Å². The van der Waals surface area contributed by atoms with Gasteiger partial charge in [-0.3, -0.25) is 4.79 Å². The number of benzene rings is 1. The van der Waals surface area contributed by atoms with Gasteiger partial charge in [-0.1, -0.05) is 17.9 Å². The third kappa shape index (κ3) is 4.58. The van der Waals surface area contributed by atoms with Crippen molar-refractivity contribution >= 4 is 11.6 Å². The molecule has 0 aliphatic heterocycles. The maximum absolute atomic E-state index is 11.4. The average molecular weight is 247 g/mol. The summed E-state index contributed by atoms with van der Waals surface area (Å²) in [5.74, 6) is 5.57. The van der Waals surface area contributed by atoms with E-state index in [2.05, 4.69) is 17.2 Å². The van der Waals surface area contributed by atoms with E-state index in [4.69, 9.17) is 9.84 Å². The lowest BCUT2D eigenvalue weighted by Crippen LogP contribution is -2.17. The lowest BCUT2D eigenvalue weighted by Gasteiger charge is -2.08. The van der Waals surface area contributed by atoms with Gasteiger partial charge in [-0.25, -0.2) is 0 Å². The molecule has 0 aliphatic carbocycles. The summed E-state index contributed by atoms with van der Waals surface area (Å²) >= 11 is 0. The molecule has 0 bridgehead atoms. The van der Waals surface area contributed by atoms with Gasteiger partial charge in [0.15, 0.2) is 0 Å². The van der Waals surface area contributed by atoms with Crippen molar-refractivity contribution in [3.8, 4) is 11.8 Å². The Hall–Kier alpha value is -1.83. The van der Waals surface area contributed by atoms with Crippen LogP contribution in [-0.4, -0.2) is 31.3 Å². The second-order valence-corrected chi connectivity index (χ2v) is 3.79. The monoisotopic (exact) mass is 247 g/mol. The molecule has 0 unspecified atom stereocenters. The zero-order valence-electron chi connectivity index (χ0n) is 10.6. The molecule has 1 aromatic rings. The number of hydrogen-bond donors (Lipinski definition) is 2. The minimum Gasteiger partial charge on any atom is -0.395 e. The summed E-state index contributed by atoms with van der Waals surface area (Å²) in [5.41, 5.74) is 2.50. The first kappa shape index (κ1) is 14.2. The van der Waals surface area contributed by atoms with E-state index in [0.717, 1.165) is 16.8 Å². The van der Waals surface area contributed by atoms with E-state index in [9.17, 15) is 4.79 Å². The van der Waals surface area contributed by atoms with E-state index in [1.165, 1.54) is 7.11 Å². The number of nitrogens with one attached hydrogen (secondary N) is 1. The molecule has 18 heavy (non-hydrogen) atoms. The molecule has 0 radical (unpaired) electrons. The number of aliphatic hydroxyl groups excluding tert-OH is 1. The molecular formula is C14H17NO3. The smallest absolute Gasteiger partial charge is 0.250 e. The van der Waals surface area contributed by atoms with E-state index < -0.39 is 0 Å². The lowest BCUT2D eigenvalue weighted by molar-refractivity contribution is -0.119. The topological polar surface area (TPSA) is 58.6 Å². The van der Waals surface area contributed by atoms with Crippen LogP contribution in [0.1, 0.15) is 17.5 Å². The molecule has 0 fully saturated rings. The summed E-state index contributed by atoms with van der Waals surface area (Å²) in [7, 11) is 1.48. The van der Waals surface area contributed by atoms with Crippen molar-refractivity contribution in [1.29, 1.82) is 0 Å².